The molecular formula is C19H23N3O5. The van der Waals surface area contributed by atoms with Crippen LogP contribution in [0.2, 0.25) is 0 Å². The number of pyridine rings is 1. The highest BCUT2D eigenvalue weighted by atomic mass is 16.5. The number of morpholine rings is 1. The van der Waals surface area contributed by atoms with Gasteiger partial charge in [0.05, 0.1) is 36.8 Å². The standard InChI is InChI=1S/C19H23N3O5/c1-13-15(5-6-16(20-13)17-4-3-8-27-17)19(25)22-7-9-26-14(11-22)10-21(2)12-18(23)24/h3-6,8,14H,7,9-12H2,1-2H3,(H,23,24). The normalized spacial score (nSPS) is 17.3. The van der Waals surface area contributed by atoms with Crippen LogP contribution in [0.5, 0.6) is 0 Å². The fourth-order valence-corrected chi connectivity index (χ4v) is 3.18. The van der Waals surface area contributed by atoms with Crippen LogP contribution in [-0.4, -0.2) is 77.7 Å². The fourth-order valence-electron chi connectivity index (χ4n) is 3.18. The molecule has 3 rings (SSSR count). The second-order valence-electron chi connectivity index (χ2n) is 6.64. The molecule has 0 saturated carbocycles. The first-order valence-corrected chi connectivity index (χ1v) is 8.77. The predicted octanol–water partition coefficient (Wildman–Crippen LogP) is 1.51. The van der Waals surface area contributed by atoms with Gasteiger partial charge in [0.1, 0.15) is 5.69 Å². The van der Waals surface area contributed by atoms with Gasteiger partial charge in [0.2, 0.25) is 0 Å². The van der Waals surface area contributed by atoms with E-state index in [0.717, 1.165) is 0 Å². The van der Waals surface area contributed by atoms with Crippen molar-refractivity contribution in [2.45, 2.75) is 13.0 Å². The molecule has 0 spiro atoms. The number of carboxylic acid groups (broad SMARTS) is 1. The summed E-state index contributed by atoms with van der Waals surface area (Å²) in [5.74, 6) is -0.329. The van der Waals surface area contributed by atoms with Crippen LogP contribution in [0.3, 0.4) is 0 Å². The van der Waals surface area contributed by atoms with Crippen LogP contribution in [0.25, 0.3) is 11.5 Å². The van der Waals surface area contributed by atoms with Crippen molar-refractivity contribution in [3.05, 3.63) is 41.8 Å². The molecule has 0 radical (unpaired) electrons. The van der Waals surface area contributed by atoms with Gasteiger partial charge in [-0.2, -0.15) is 0 Å². The molecule has 1 N–H and O–H groups in total. The number of likely N-dealkylation sites (N-methyl/N-ethyl adjacent to an activating group) is 1. The highest BCUT2D eigenvalue weighted by Gasteiger charge is 2.27. The number of hydrogen-bond acceptors (Lipinski definition) is 6. The highest BCUT2D eigenvalue weighted by molar-refractivity contribution is 5.95. The molecule has 0 aromatic carbocycles. The van der Waals surface area contributed by atoms with E-state index in [-0.39, 0.29) is 18.6 Å². The Morgan fingerprint density at radius 3 is 2.85 bits per heavy atom. The van der Waals surface area contributed by atoms with Gasteiger partial charge in [-0.3, -0.25) is 14.5 Å². The Morgan fingerprint density at radius 1 is 1.37 bits per heavy atom. The molecule has 8 nitrogen and oxygen atoms in total. The van der Waals surface area contributed by atoms with Crippen molar-refractivity contribution >= 4 is 11.9 Å². The van der Waals surface area contributed by atoms with E-state index < -0.39 is 5.97 Å². The number of ether oxygens (including phenoxy) is 1. The summed E-state index contributed by atoms with van der Waals surface area (Å²) in [6, 6.07) is 7.16. The van der Waals surface area contributed by atoms with E-state index >= 15 is 0 Å². The van der Waals surface area contributed by atoms with E-state index in [1.54, 1.807) is 48.2 Å². The molecule has 1 atom stereocenters. The van der Waals surface area contributed by atoms with Gasteiger partial charge in [-0.05, 0) is 38.2 Å². The lowest BCUT2D eigenvalue weighted by molar-refractivity contribution is -0.138. The number of carbonyl (C=O) groups excluding carboxylic acids is 1. The first-order valence-electron chi connectivity index (χ1n) is 8.77. The number of carboxylic acids is 1. The van der Waals surface area contributed by atoms with Crippen molar-refractivity contribution in [2.75, 3.05) is 39.8 Å². The first kappa shape index (κ1) is 19.1. The maximum absolute atomic E-state index is 12.9. The zero-order chi connectivity index (χ0) is 19.4. The van der Waals surface area contributed by atoms with Gasteiger partial charge >= 0.3 is 5.97 Å². The largest absolute Gasteiger partial charge is 0.480 e. The number of aromatic nitrogens is 1. The maximum atomic E-state index is 12.9. The van der Waals surface area contributed by atoms with Gasteiger partial charge in [0, 0.05) is 19.6 Å². The Labute approximate surface area is 157 Å². The van der Waals surface area contributed by atoms with Gasteiger partial charge in [0.25, 0.3) is 5.91 Å². The van der Waals surface area contributed by atoms with Gasteiger partial charge in [-0.15, -0.1) is 0 Å². The zero-order valence-corrected chi connectivity index (χ0v) is 15.4. The Morgan fingerprint density at radius 2 is 2.19 bits per heavy atom. The molecule has 1 unspecified atom stereocenters. The molecule has 1 saturated heterocycles. The highest BCUT2D eigenvalue weighted by Crippen LogP contribution is 2.21. The first-order chi connectivity index (χ1) is 12.9. The number of nitrogens with zero attached hydrogens (tertiary/aromatic N) is 3. The Bertz CT molecular complexity index is 806. The van der Waals surface area contributed by atoms with Gasteiger partial charge in [-0.25, -0.2) is 4.98 Å². The summed E-state index contributed by atoms with van der Waals surface area (Å²) >= 11 is 0. The summed E-state index contributed by atoms with van der Waals surface area (Å²) in [6.45, 7) is 3.53. The Hall–Kier alpha value is -2.71. The average Bonchev–Trinajstić information content (AvgIpc) is 3.15. The molecule has 2 aromatic rings. The Kier molecular flexibility index (Phi) is 5.88. The van der Waals surface area contributed by atoms with Crippen molar-refractivity contribution in [1.29, 1.82) is 0 Å². The second-order valence-corrected chi connectivity index (χ2v) is 6.64. The van der Waals surface area contributed by atoms with E-state index in [0.29, 0.717) is 49.0 Å². The quantitative estimate of drug-likeness (QED) is 0.820. The van der Waals surface area contributed by atoms with Gasteiger partial charge in [0.15, 0.2) is 5.76 Å². The number of amides is 1. The molecule has 8 heteroatoms. The van der Waals surface area contributed by atoms with E-state index in [1.165, 1.54) is 0 Å². The number of aryl methyl sites for hydroxylation is 1. The Balaban J connectivity index is 1.67. The molecule has 27 heavy (non-hydrogen) atoms. The third-order valence-electron chi connectivity index (χ3n) is 4.44. The summed E-state index contributed by atoms with van der Waals surface area (Å²) in [5, 5.41) is 8.86. The average molecular weight is 373 g/mol. The molecule has 1 fully saturated rings. The summed E-state index contributed by atoms with van der Waals surface area (Å²) in [4.78, 5) is 31.6. The van der Waals surface area contributed by atoms with Crippen LogP contribution < -0.4 is 0 Å². The van der Waals surface area contributed by atoms with Crippen molar-refractivity contribution in [3.63, 3.8) is 0 Å². The zero-order valence-electron chi connectivity index (χ0n) is 15.4. The molecule has 2 aromatic heterocycles. The van der Waals surface area contributed by atoms with Crippen LogP contribution in [0.1, 0.15) is 16.1 Å². The van der Waals surface area contributed by atoms with E-state index in [2.05, 4.69) is 4.98 Å². The smallest absolute Gasteiger partial charge is 0.317 e. The topological polar surface area (TPSA) is 96.1 Å². The number of rotatable bonds is 6. The van der Waals surface area contributed by atoms with Crippen molar-refractivity contribution in [2.24, 2.45) is 0 Å². The number of hydrogen-bond donors (Lipinski definition) is 1. The van der Waals surface area contributed by atoms with Crippen LogP contribution in [0.15, 0.2) is 34.9 Å². The SMILES string of the molecule is Cc1nc(-c2ccco2)ccc1C(=O)N1CCOC(CN(C)CC(=O)O)C1. The molecule has 0 aliphatic carbocycles. The summed E-state index contributed by atoms with van der Waals surface area (Å²) in [6.07, 6.45) is 1.36. The fraction of sp³-hybridized carbons (Fsp3) is 0.421. The van der Waals surface area contributed by atoms with Gasteiger partial charge < -0.3 is 19.2 Å². The van der Waals surface area contributed by atoms with Crippen LogP contribution >= 0.6 is 0 Å². The molecule has 1 aliphatic rings. The minimum absolute atomic E-state index is 0.0644. The van der Waals surface area contributed by atoms with Crippen LogP contribution in [-0.2, 0) is 9.53 Å². The lowest BCUT2D eigenvalue weighted by Gasteiger charge is -2.34. The molecule has 0 bridgehead atoms. The lowest BCUT2D eigenvalue weighted by Crippen LogP contribution is -2.49. The van der Waals surface area contributed by atoms with Crippen LogP contribution in [0, 0.1) is 6.92 Å². The van der Waals surface area contributed by atoms with Crippen molar-refractivity contribution < 1.29 is 23.8 Å². The summed E-state index contributed by atoms with van der Waals surface area (Å²) < 4.78 is 11.0. The minimum Gasteiger partial charge on any atom is -0.480 e. The monoisotopic (exact) mass is 373 g/mol. The third kappa shape index (κ3) is 4.72. The lowest BCUT2D eigenvalue weighted by atomic mass is 10.1. The van der Waals surface area contributed by atoms with Crippen molar-refractivity contribution in [1.82, 2.24) is 14.8 Å². The predicted molar refractivity (Wildman–Crippen MR) is 97.5 cm³/mol. The second kappa shape index (κ2) is 8.32. The molecule has 144 valence electrons. The van der Waals surface area contributed by atoms with Crippen LogP contribution in [0.4, 0.5) is 0 Å². The molecule has 1 amide bonds. The molecule has 3 heterocycles. The maximum Gasteiger partial charge on any atom is 0.317 e. The van der Waals surface area contributed by atoms with Gasteiger partial charge in [-0.1, -0.05) is 0 Å². The van der Waals surface area contributed by atoms with E-state index in [4.69, 9.17) is 14.3 Å². The minimum atomic E-state index is -0.889. The van der Waals surface area contributed by atoms with Crippen molar-refractivity contribution in [3.8, 4) is 11.5 Å². The van der Waals surface area contributed by atoms with E-state index in [1.807, 2.05) is 6.07 Å². The number of aliphatic carboxylic acids is 1. The summed E-state index contributed by atoms with van der Waals surface area (Å²) in [5.41, 5.74) is 1.87. The van der Waals surface area contributed by atoms with E-state index in [9.17, 15) is 9.59 Å². The third-order valence-corrected chi connectivity index (χ3v) is 4.44. The number of carbonyl (C=O) groups is 2. The molecular weight excluding hydrogens is 350 g/mol. The molecule has 1 aliphatic heterocycles. The number of furan rings is 1. The summed E-state index contributed by atoms with van der Waals surface area (Å²) in [7, 11) is 1.72.